The van der Waals surface area contributed by atoms with E-state index in [4.69, 9.17) is 4.74 Å². The molecule has 1 saturated carbocycles. The van der Waals surface area contributed by atoms with Crippen LogP contribution >= 0.6 is 11.3 Å². The molecule has 22 heavy (non-hydrogen) atoms. The largest absolute Gasteiger partial charge is 0.477 e. The number of carbonyl (C=O) groups excluding carboxylic acids is 1. The zero-order valence-electron chi connectivity index (χ0n) is 13.5. The summed E-state index contributed by atoms with van der Waals surface area (Å²) in [5, 5.41) is 10.7. The number of methoxy groups -OCH3 is 1. The molecule has 0 radical (unpaired) electrons. The number of thiazole rings is 1. The lowest BCUT2D eigenvalue weighted by Crippen LogP contribution is -2.24. The number of aromatic carboxylic acids is 1. The molecule has 0 bridgehead atoms. The fourth-order valence-electron chi connectivity index (χ4n) is 2.96. The van der Waals surface area contributed by atoms with Crippen LogP contribution in [0.25, 0.3) is 0 Å². The summed E-state index contributed by atoms with van der Waals surface area (Å²) < 4.78 is 6.52. The van der Waals surface area contributed by atoms with Crippen LogP contribution in [-0.2, 0) is 16.1 Å². The highest BCUT2D eigenvalue weighted by Gasteiger charge is 2.68. The molecule has 1 amide bonds. The van der Waals surface area contributed by atoms with Gasteiger partial charge in [0.15, 0.2) is 4.80 Å². The average molecular weight is 326 g/mol. The number of ether oxygens (including phenoxy) is 1. The van der Waals surface area contributed by atoms with Crippen LogP contribution in [0.5, 0.6) is 0 Å². The predicted octanol–water partition coefficient (Wildman–Crippen LogP) is 2.00. The second kappa shape index (κ2) is 5.62. The smallest absolute Gasteiger partial charge is 0.353 e. The number of amides is 1. The number of aromatic nitrogens is 1. The lowest BCUT2D eigenvalue weighted by Gasteiger charge is -2.05. The van der Waals surface area contributed by atoms with Gasteiger partial charge in [-0.3, -0.25) is 4.79 Å². The van der Waals surface area contributed by atoms with E-state index in [-0.39, 0.29) is 28.3 Å². The first-order valence-electron chi connectivity index (χ1n) is 7.13. The van der Waals surface area contributed by atoms with Crippen LogP contribution in [0.4, 0.5) is 0 Å². The Morgan fingerprint density at radius 3 is 2.41 bits per heavy atom. The Kier molecular flexibility index (Phi) is 4.32. The molecule has 0 aliphatic heterocycles. The van der Waals surface area contributed by atoms with Gasteiger partial charge in [-0.15, -0.1) is 11.3 Å². The van der Waals surface area contributed by atoms with Crippen LogP contribution in [0.2, 0.25) is 0 Å². The first-order valence-corrected chi connectivity index (χ1v) is 8.01. The van der Waals surface area contributed by atoms with Gasteiger partial charge >= 0.3 is 5.97 Å². The van der Waals surface area contributed by atoms with Gasteiger partial charge in [0, 0.05) is 19.0 Å². The molecule has 0 saturated heterocycles. The minimum absolute atomic E-state index is 0.0855. The van der Waals surface area contributed by atoms with Crippen LogP contribution in [0.15, 0.2) is 10.4 Å². The molecule has 1 aliphatic carbocycles. The summed E-state index contributed by atoms with van der Waals surface area (Å²) in [6, 6.07) is 0. The molecule has 6 nitrogen and oxygen atoms in total. The molecule has 0 aromatic carbocycles. The third kappa shape index (κ3) is 2.63. The molecular formula is C15H22N2O4S. The Morgan fingerprint density at radius 1 is 1.36 bits per heavy atom. The lowest BCUT2D eigenvalue weighted by atomic mass is 10.0. The highest BCUT2D eigenvalue weighted by molar-refractivity contribution is 7.07. The van der Waals surface area contributed by atoms with E-state index in [1.54, 1.807) is 7.11 Å². The Bertz CT molecular complexity index is 655. The van der Waals surface area contributed by atoms with E-state index < -0.39 is 5.97 Å². The first-order chi connectivity index (χ1) is 10.1. The summed E-state index contributed by atoms with van der Waals surface area (Å²) in [5.41, 5.74) is -0.0433. The van der Waals surface area contributed by atoms with Gasteiger partial charge < -0.3 is 14.4 Å². The molecule has 1 aliphatic rings. The summed E-state index contributed by atoms with van der Waals surface area (Å²) in [7, 11) is 1.55. The Balaban J connectivity index is 2.36. The van der Waals surface area contributed by atoms with Crippen molar-refractivity contribution >= 4 is 23.2 Å². The van der Waals surface area contributed by atoms with Crippen molar-refractivity contribution in [3.05, 3.63) is 15.9 Å². The highest BCUT2D eigenvalue weighted by Crippen LogP contribution is 2.68. The van der Waals surface area contributed by atoms with Gasteiger partial charge in [0.05, 0.1) is 12.5 Å². The maximum absolute atomic E-state index is 12.5. The van der Waals surface area contributed by atoms with Gasteiger partial charge in [-0.1, -0.05) is 27.7 Å². The number of hydrogen-bond acceptors (Lipinski definition) is 4. The first kappa shape index (κ1) is 16.9. The quantitative estimate of drug-likeness (QED) is 0.897. The van der Waals surface area contributed by atoms with Crippen molar-refractivity contribution in [2.45, 2.75) is 34.2 Å². The number of hydrogen-bond donors (Lipinski definition) is 1. The van der Waals surface area contributed by atoms with Crippen LogP contribution < -0.4 is 4.80 Å². The van der Waals surface area contributed by atoms with Gasteiger partial charge in [-0.05, 0) is 10.8 Å². The number of rotatable bonds is 5. The van der Waals surface area contributed by atoms with Crippen molar-refractivity contribution in [3.63, 3.8) is 0 Å². The van der Waals surface area contributed by atoms with Crippen LogP contribution in [0.1, 0.15) is 38.2 Å². The Morgan fingerprint density at radius 2 is 1.95 bits per heavy atom. The molecule has 0 unspecified atom stereocenters. The summed E-state index contributed by atoms with van der Waals surface area (Å²) in [6.07, 6.45) is 0. The minimum atomic E-state index is -1.03. The minimum Gasteiger partial charge on any atom is -0.477 e. The summed E-state index contributed by atoms with van der Waals surface area (Å²) >= 11 is 1.17. The average Bonchev–Trinajstić information content (AvgIpc) is 2.71. The van der Waals surface area contributed by atoms with Crippen LogP contribution in [0.3, 0.4) is 0 Å². The molecule has 1 heterocycles. The zero-order valence-corrected chi connectivity index (χ0v) is 14.4. The maximum atomic E-state index is 12.5. The van der Waals surface area contributed by atoms with Crippen molar-refractivity contribution in [3.8, 4) is 0 Å². The molecule has 1 fully saturated rings. The molecule has 1 aromatic heterocycles. The normalized spacial score (nSPS) is 20.1. The molecule has 7 heteroatoms. The number of nitrogens with zero attached hydrogens (tertiary/aromatic N) is 2. The third-order valence-electron chi connectivity index (χ3n) is 5.01. The Hall–Kier alpha value is -1.47. The fourth-order valence-corrected chi connectivity index (χ4v) is 3.87. The van der Waals surface area contributed by atoms with E-state index in [9.17, 15) is 14.7 Å². The SMILES string of the molecule is COCCn1c(C(=O)O)csc1=NC(=O)C1C(C)(C)C1(C)C. The van der Waals surface area contributed by atoms with Crippen molar-refractivity contribution in [2.24, 2.45) is 21.7 Å². The molecule has 0 spiro atoms. The second-order valence-corrected chi connectivity index (χ2v) is 7.52. The van der Waals surface area contributed by atoms with E-state index in [1.165, 1.54) is 21.3 Å². The van der Waals surface area contributed by atoms with Gasteiger partial charge in [-0.2, -0.15) is 4.99 Å². The van der Waals surface area contributed by atoms with E-state index in [1.807, 2.05) is 0 Å². The van der Waals surface area contributed by atoms with Crippen LogP contribution in [0, 0.1) is 16.7 Å². The maximum Gasteiger partial charge on any atom is 0.353 e. The molecule has 122 valence electrons. The Labute approximate surface area is 133 Å². The highest BCUT2D eigenvalue weighted by atomic mass is 32.1. The molecule has 0 atom stereocenters. The topological polar surface area (TPSA) is 80.9 Å². The van der Waals surface area contributed by atoms with E-state index in [0.29, 0.717) is 18.0 Å². The van der Waals surface area contributed by atoms with Gasteiger partial charge in [0.1, 0.15) is 5.69 Å². The van der Waals surface area contributed by atoms with Gasteiger partial charge in [0.2, 0.25) is 0 Å². The van der Waals surface area contributed by atoms with Crippen molar-refractivity contribution < 1.29 is 19.4 Å². The van der Waals surface area contributed by atoms with Gasteiger partial charge in [0.25, 0.3) is 5.91 Å². The van der Waals surface area contributed by atoms with Crippen molar-refractivity contribution in [1.29, 1.82) is 0 Å². The number of carbonyl (C=O) groups is 2. The lowest BCUT2D eigenvalue weighted by molar-refractivity contribution is -0.120. The number of carboxylic acid groups (broad SMARTS) is 1. The molecule has 2 rings (SSSR count). The molecule has 1 N–H and O–H groups in total. The van der Waals surface area contributed by atoms with E-state index in [0.717, 1.165) is 0 Å². The van der Waals surface area contributed by atoms with Crippen LogP contribution in [-0.4, -0.2) is 35.3 Å². The fraction of sp³-hybridized carbons (Fsp3) is 0.667. The van der Waals surface area contributed by atoms with E-state index in [2.05, 4.69) is 32.7 Å². The summed E-state index contributed by atoms with van der Waals surface area (Å²) in [5.74, 6) is -1.35. The predicted molar refractivity (Wildman–Crippen MR) is 82.8 cm³/mol. The van der Waals surface area contributed by atoms with E-state index >= 15 is 0 Å². The molecular weight excluding hydrogens is 304 g/mol. The van der Waals surface area contributed by atoms with Gasteiger partial charge in [-0.25, -0.2) is 4.79 Å². The number of carboxylic acids is 1. The summed E-state index contributed by atoms with van der Waals surface area (Å²) in [4.78, 5) is 28.3. The third-order valence-corrected chi connectivity index (χ3v) is 5.87. The summed E-state index contributed by atoms with van der Waals surface area (Å²) in [6.45, 7) is 8.94. The van der Waals surface area contributed by atoms with Crippen molar-refractivity contribution in [1.82, 2.24) is 4.57 Å². The van der Waals surface area contributed by atoms with Crippen molar-refractivity contribution in [2.75, 3.05) is 13.7 Å². The zero-order chi connectivity index (χ0) is 16.7. The second-order valence-electron chi connectivity index (χ2n) is 6.68. The molecule has 1 aromatic rings. The monoisotopic (exact) mass is 326 g/mol. The standard InChI is InChI=1S/C15H22N2O4S/c1-14(2)10(15(14,3)4)11(18)16-13-17(6-7-21-5)9(8-22-13)12(19)20/h8,10H,6-7H2,1-5H3,(H,19,20).